The van der Waals surface area contributed by atoms with Crippen LogP contribution < -0.4 is 14.4 Å². The molecule has 7 heteroatoms. The van der Waals surface area contributed by atoms with Crippen LogP contribution in [0.15, 0.2) is 42.5 Å². The van der Waals surface area contributed by atoms with Gasteiger partial charge < -0.3 is 19.3 Å². The summed E-state index contributed by atoms with van der Waals surface area (Å²) in [6, 6.07) is 13.7. The summed E-state index contributed by atoms with van der Waals surface area (Å²) in [6.45, 7) is 8.95. The average molecular weight is 447 g/mol. The summed E-state index contributed by atoms with van der Waals surface area (Å²) in [6.07, 6.45) is 0. The smallest absolute Gasteiger partial charge is 0.254 e. The van der Waals surface area contributed by atoms with E-state index in [1.54, 1.807) is 32.4 Å². The topological polar surface area (TPSA) is 67.8 Å². The Balaban J connectivity index is 1.43. The predicted molar refractivity (Wildman–Crippen MR) is 129 cm³/mol. The van der Waals surface area contributed by atoms with Gasteiger partial charge in [0.05, 0.1) is 19.9 Å². The number of aromatic nitrogens is 2. The Morgan fingerprint density at radius 3 is 2.00 bits per heavy atom. The lowest BCUT2D eigenvalue weighted by Crippen LogP contribution is -2.49. The Hall–Kier alpha value is -3.61. The molecule has 4 rings (SSSR count). The number of piperazine rings is 1. The molecule has 0 radical (unpaired) electrons. The summed E-state index contributed by atoms with van der Waals surface area (Å²) in [5.74, 6) is 2.00. The molecule has 7 nitrogen and oxygen atoms in total. The fourth-order valence-corrected chi connectivity index (χ4v) is 4.13. The molecule has 0 atom stereocenters. The lowest BCUT2D eigenvalue weighted by molar-refractivity contribution is 0.0745. The Morgan fingerprint density at radius 2 is 1.42 bits per heavy atom. The zero-order chi connectivity index (χ0) is 23.5. The van der Waals surface area contributed by atoms with Gasteiger partial charge in [-0.05, 0) is 67.8 Å². The van der Waals surface area contributed by atoms with Gasteiger partial charge in [0.25, 0.3) is 5.91 Å². The first-order valence-corrected chi connectivity index (χ1v) is 11.1. The van der Waals surface area contributed by atoms with Gasteiger partial charge in [0, 0.05) is 43.4 Å². The number of amides is 1. The second-order valence-corrected chi connectivity index (χ2v) is 8.41. The van der Waals surface area contributed by atoms with E-state index >= 15 is 0 Å². The van der Waals surface area contributed by atoms with Gasteiger partial charge in [0.15, 0.2) is 5.82 Å². The van der Waals surface area contributed by atoms with Gasteiger partial charge in [-0.25, -0.2) is 0 Å². The minimum atomic E-state index is -0.0292. The third-order valence-corrected chi connectivity index (χ3v) is 6.26. The van der Waals surface area contributed by atoms with E-state index in [4.69, 9.17) is 9.47 Å². The van der Waals surface area contributed by atoms with Crippen LogP contribution in [0.2, 0.25) is 0 Å². The maximum Gasteiger partial charge on any atom is 0.254 e. The first kappa shape index (κ1) is 22.6. The average Bonchev–Trinajstić information content (AvgIpc) is 2.85. The number of hydrogen-bond donors (Lipinski definition) is 0. The highest BCUT2D eigenvalue weighted by molar-refractivity contribution is 5.95. The molecule has 3 aromatic rings. The lowest BCUT2D eigenvalue weighted by atomic mass is 9.99. The molecule has 0 spiro atoms. The van der Waals surface area contributed by atoms with E-state index in [0.717, 1.165) is 17.1 Å². The van der Waals surface area contributed by atoms with E-state index in [9.17, 15) is 4.79 Å². The van der Waals surface area contributed by atoms with Crippen LogP contribution in [0.3, 0.4) is 0 Å². The number of carbonyl (C=O) groups excluding carboxylic acids is 1. The quantitative estimate of drug-likeness (QED) is 0.589. The van der Waals surface area contributed by atoms with Crippen LogP contribution in [0.4, 0.5) is 5.82 Å². The third kappa shape index (κ3) is 4.77. The van der Waals surface area contributed by atoms with Gasteiger partial charge in [-0.15, -0.1) is 10.2 Å². The van der Waals surface area contributed by atoms with E-state index in [-0.39, 0.29) is 5.91 Å². The minimum absolute atomic E-state index is 0.0292. The van der Waals surface area contributed by atoms with Crippen molar-refractivity contribution in [1.29, 1.82) is 0 Å². The van der Waals surface area contributed by atoms with Crippen LogP contribution in [-0.2, 0) is 0 Å². The van der Waals surface area contributed by atoms with Crippen LogP contribution in [0.1, 0.15) is 27.0 Å². The summed E-state index contributed by atoms with van der Waals surface area (Å²) in [5.41, 5.74) is 6.27. The van der Waals surface area contributed by atoms with Gasteiger partial charge in [-0.1, -0.05) is 6.07 Å². The van der Waals surface area contributed by atoms with Crippen molar-refractivity contribution in [2.24, 2.45) is 0 Å². The highest BCUT2D eigenvalue weighted by Gasteiger charge is 2.24. The molecular formula is C26H30N4O3. The zero-order valence-corrected chi connectivity index (χ0v) is 19.9. The van der Waals surface area contributed by atoms with E-state index in [0.29, 0.717) is 43.2 Å². The minimum Gasteiger partial charge on any atom is -0.497 e. The Labute approximate surface area is 195 Å². The number of aryl methyl sites for hydroxylation is 3. The molecule has 2 aromatic carbocycles. The molecule has 0 saturated carbocycles. The predicted octanol–water partition coefficient (Wildman–Crippen LogP) is 4.05. The molecule has 1 aliphatic heterocycles. The van der Waals surface area contributed by atoms with E-state index in [1.165, 1.54) is 16.7 Å². The summed E-state index contributed by atoms with van der Waals surface area (Å²) in [4.78, 5) is 17.1. The highest BCUT2D eigenvalue weighted by Crippen LogP contribution is 2.27. The fraction of sp³-hybridized carbons (Fsp3) is 0.346. The van der Waals surface area contributed by atoms with Crippen molar-refractivity contribution in [2.45, 2.75) is 20.8 Å². The third-order valence-electron chi connectivity index (χ3n) is 6.26. The molecule has 0 aliphatic carbocycles. The second kappa shape index (κ2) is 9.48. The molecular weight excluding hydrogens is 416 g/mol. The van der Waals surface area contributed by atoms with Crippen molar-refractivity contribution in [3.8, 4) is 22.8 Å². The number of carbonyl (C=O) groups is 1. The summed E-state index contributed by atoms with van der Waals surface area (Å²) < 4.78 is 10.6. The molecule has 1 saturated heterocycles. The Kier molecular flexibility index (Phi) is 6.49. The van der Waals surface area contributed by atoms with Crippen molar-refractivity contribution < 1.29 is 14.3 Å². The first-order valence-electron chi connectivity index (χ1n) is 11.1. The number of benzene rings is 2. The monoisotopic (exact) mass is 446 g/mol. The number of nitrogens with zero attached hydrogens (tertiary/aromatic N) is 4. The van der Waals surface area contributed by atoms with Gasteiger partial charge in [0.1, 0.15) is 11.5 Å². The maximum atomic E-state index is 13.0. The number of ether oxygens (including phenoxy) is 2. The normalized spacial score (nSPS) is 13.7. The summed E-state index contributed by atoms with van der Waals surface area (Å²) in [7, 11) is 3.16. The maximum absolute atomic E-state index is 13.0. The molecule has 172 valence electrons. The van der Waals surface area contributed by atoms with Crippen molar-refractivity contribution in [3.05, 3.63) is 64.7 Å². The van der Waals surface area contributed by atoms with Crippen LogP contribution in [0, 0.1) is 20.8 Å². The number of anilines is 1. The van der Waals surface area contributed by atoms with E-state index < -0.39 is 0 Å². The van der Waals surface area contributed by atoms with E-state index in [2.05, 4.69) is 48.0 Å². The van der Waals surface area contributed by atoms with Crippen molar-refractivity contribution in [3.63, 3.8) is 0 Å². The summed E-state index contributed by atoms with van der Waals surface area (Å²) >= 11 is 0. The van der Waals surface area contributed by atoms with Crippen LogP contribution in [0.5, 0.6) is 11.5 Å². The molecule has 33 heavy (non-hydrogen) atoms. The van der Waals surface area contributed by atoms with Gasteiger partial charge in [-0.3, -0.25) is 4.79 Å². The molecule has 0 bridgehead atoms. The van der Waals surface area contributed by atoms with Crippen molar-refractivity contribution in [1.82, 2.24) is 15.1 Å². The lowest BCUT2D eigenvalue weighted by Gasteiger charge is -2.35. The SMILES string of the molecule is COc1cc(OC)cc(C(=O)N2CCN(c3ccc(-c4cc(C)c(C)cc4C)nn3)CC2)c1. The molecule has 1 amide bonds. The second-order valence-electron chi connectivity index (χ2n) is 8.41. The highest BCUT2D eigenvalue weighted by atomic mass is 16.5. The van der Waals surface area contributed by atoms with Gasteiger partial charge in [0.2, 0.25) is 0 Å². The first-order chi connectivity index (χ1) is 15.9. The van der Waals surface area contributed by atoms with Gasteiger partial charge >= 0.3 is 0 Å². The van der Waals surface area contributed by atoms with Crippen LogP contribution in [0.25, 0.3) is 11.3 Å². The van der Waals surface area contributed by atoms with Crippen LogP contribution >= 0.6 is 0 Å². The van der Waals surface area contributed by atoms with Gasteiger partial charge in [-0.2, -0.15) is 0 Å². The molecule has 1 aliphatic rings. The number of rotatable bonds is 5. The number of methoxy groups -OCH3 is 2. The van der Waals surface area contributed by atoms with E-state index in [1.807, 2.05) is 17.0 Å². The Morgan fingerprint density at radius 1 is 0.788 bits per heavy atom. The standard InChI is InChI=1S/C26H30N4O3/c1-17-12-19(3)23(13-18(17)2)24-6-7-25(28-27-24)29-8-10-30(11-9-29)26(31)20-14-21(32-4)16-22(15-20)33-5/h6-7,12-16H,8-11H2,1-5H3. The Bertz CT molecular complexity index is 1130. The molecule has 0 N–H and O–H groups in total. The van der Waals surface area contributed by atoms with Crippen molar-refractivity contribution in [2.75, 3.05) is 45.3 Å². The molecule has 2 heterocycles. The van der Waals surface area contributed by atoms with Crippen molar-refractivity contribution >= 4 is 11.7 Å². The summed E-state index contributed by atoms with van der Waals surface area (Å²) in [5, 5.41) is 8.98. The zero-order valence-electron chi connectivity index (χ0n) is 19.9. The molecule has 1 aromatic heterocycles. The molecule has 1 fully saturated rings. The largest absolute Gasteiger partial charge is 0.497 e. The van der Waals surface area contributed by atoms with Crippen LogP contribution in [-0.4, -0.2) is 61.4 Å². The number of hydrogen-bond acceptors (Lipinski definition) is 6. The fourth-order valence-electron chi connectivity index (χ4n) is 4.13. The molecule has 0 unspecified atom stereocenters.